The van der Waals surface area contributed by atoms with Crippen molar-refractivity contribution in [3.63, 3.8) is 0 Å². The van der Waals surface area contributed by atoms with Gasteiger partial charge in [0.1, 0.15) is 12.4 Å². The van der Waals surface area contributed by atoms with E-state index in [1.807, 2.05) is 72.8 Å². The first-order valence-electron chi connectivity index (χ1n) is 15.4. The van der Waals surface area contributed by atoms with Crippen LogP contribution in [0.25, 0.3) is 11.3 Å². The molecular weight excluding hydrogens is 568 g/mol. The number of nitrogens with zero attached hydrogens (tertiary/aromatic N) is 4. The second-order valence-corrected chi connectivity index (χ2v) is 11.8. The van der Waals surface area contributed by atoms with Crippen molar-refractivity contribution in [1.29, 1.82) is 0 Å². The number of nitrogens with one attached hydrogen (secondary N) is 1. The number of carbonyl (C=O) groups is 2. The number of phenols is 1. The summed E-state index contributed by atoms with van der Waals surface area (Å²) in [5, 5.41) is 22.0. The maximum atomic E-state index is 14.1. The predicted octanol–water partition coefficient (Wildman–Crippen LogP) is 4.74. The fourth-order valence-corrected chi connectivity index (χ4v) is 6.33. The van der Waals surface area contributed by atoms with Crippen LogP contribution in [-0.4, -0.2) is 64.9 Å². The monoisotopic (exact) mass is 606 g/mol. The van der Waals surface area contributed by atoms with E-state index >= 15 is 0 Å². The van der Waals surface area contributed by atoms with Gasteiger partial charge in [-0.15, -0.1) is 10.2 Å². The lowest BCUT2D eigenvalue weighted by atomic mass is 9.78. The van der Waals surface area contributed by atoms with Crippen LogP contribution >= 0.6 is 0 Å². The van der Waals surface area contributed by atoms with Crippen LogP contribution in [0.5, 0.6) is 5.75 Å². The molecule has 0 saturated carbocycles. The summed E-state index contributed by atoms with van der Waals surface area (Å²) >= 11 is 0. The molecule has 10 heteroatoms. The topological polar surface area (TPSA) is 134 Å². The second kappa shape index (κ2) is 13.3. The highest BCUT2D eigenvalue weighted by Crippen LogP contribution is 2.40. The molecule has 10 nitrogen and oxygen atoms in total. The first-order valence-corrected chi connectivity index (χ1v) is 15.4. The van der Waals surface area contributed by atoms with Gasteiger partial charge in [-0.05, 0) is 54.5 Å². The summed E-state index contributed by atoms with van der Waals surface area (Å²) in [5.74, 6) is 0.616. The van der Waals surface area contributed by atoms with Gasteiger partial charge in [0, 0.05) is 38.3 Å². The molecule has 0 spiro atoms. The van der Waals surface area contributed by atoms with Gasteiger partial charge < -0.3 is 30.7 Å². The highest BCUT2D eigenvalue weighted by Gasteiger charge is 2.46. The number of nitrogen functional groups attached to an aromatic ring is 1. The van der Waals surface area contributed by atoms with Gasteiger partial charge in [0.05, 0.1) is 16.8 Å². The van der Waals surface area contributed by atoms with Gasteiger partial charge in [0.15, 0.2) is 5.82 Å². The number of anilines is 2. The van der Waals surface area contributed by atoms with Crippen molar-refractivity contribution in [2.75, 3.05) is 43.4 Å². The number of nitrogens with two attached hydrogens (primary N) is 1. The Morgan fingerprint density at radius 3 is 2.36 bits per heavy atom. The van der Waals surface area contributed by atoms with Crippen LogP contribution in [0, 0.1) is 5.92 Å². The Morgan fingerprint density at radius 2 is 1.62 bits per heavy atom. The molecule has 0 aliphatic carbocycles. The van der Waals surface area contributed by atoms with Crippen LogP contribution in [-0.2, 0) is 21.6 Å². The van der Waals surface area contributed by atoms with E-state index in [9.17, 15) is 14.7 Å². The van der Waals surface area contributed by atoms with Crippen molar-refractivity contribution in [2.24, 2.45) is 5.92 Å². The summed E-state index contributed by atoms with van der Waals surface area (Å²) in [6, 6.07) is 28.3. The molecule has 0 radical (unpaired) electrons. The van der Waals surface area contributed by atoms with Gasteiger partial charge in [-0.25, -0.2) is 4.79 Å². The Hall–Kier alpha value is -5.12. The quantitative estimate of drug-likeness (QED) is 0.262. The van der Waals surface area contributed by atoms with E-state index < -0.39 is 5.41 Å². The van der Waals surface area contributed by atoms with E-state index in [4.69, 9.17) is 10.5 Å². The number of benzene rings is 3. The number of amides is 2. The van der Waals surface area contributed by atoms with E-state index in [0.717, 1.165) is 24.0 Å². The number of phenolic OH excluding ortho intramolecular Hbond substituents is 1. The third kappa shape index (κ3) is 6.55. The van der Waals surface area contributed by atoms with Crippen molar-refractivity contribution < 1.29 is 19.4 Å². The van der Waals surface area contributed by atoms with Gasteiger partial charge in [-0.3, -0.25) is 4.79 Å². The zero-order chi connectivity index (χ0) is 31.2. The number of para-hydroxylation sites is 1. The van der Waals surface area contributed by atoms with Crippen LogP contribution in [0.15, 0.2) is 91.0 Å². The molecule has 3 aromatic carbocycles. The number of aromatic hydroxyl groups is 1. The van der Waals surface area contributed by atoms with Crippen LogP contribution in [0.2, 0.25) is 0 Å². The minimum atomic E-state index is -0.784. The molecule has 2 fully saturated rings. The Labute approximate surface area is 262 Å². The van der Waals surface area contributed by atoms with Gasteiger partial charge in [0.25, 0.3) is 0 Å². The number of carbonyl (C=O) groups excluding carboxylic acids is 2. The average molecular weight is 607 g/mol. The van der Waals surface area contributed by atoms with Crippen molar-refractivity contribution in [1.82, 2.24) is 20.4 Å². The predicted molar refractivity (Wildman–Crippen MR) is 172 cm³/mol. The molecule has 4 aromatic rings. The van der Waals surface area contributed by atoms with E-state index in [1.54, 1.807) is 23.1 Å². The van der Waals surface area contributed by atoms with Gasteiger partial charge in [0.2, 0.25) is 5.91 Å². The summed E-state index contributed by atoms with van der Waals surface area (Å²) in [4.78, 5) is 30.5. The molecule has 232 valence electrons. The number of rotatable bonds is 8. The molecule has 1 aromatic heterocycles. The molecule has 1 unspecified atom stereocenters. The Balaban J connectivity index is 1.10. The highest BCUT2D eigenvalue weighted by atomic mass is 16.6. The molecule has 2 aliphatic heterocycles. The summed E-state index contributed by atoms with van der Waals surface area (Å²) in [6.45, 7) is 3.01. The van der Waals surface area contributed by atoms with Crippen LogP contribution < -0.4 is 16.0 Å². The lowest BCUT2D eigenvalue weighted by Gasteiger charge is -2.33. The third-order valence-electron chi connectivity index (χ3n) is 8.98. The minimum absolute atomic E-state index is 0.0255. The summed E-state index contributed by atoms with van der Waals surface area (Å²) < 4.78 is 5.51. The molecule has 4 N–H and O–H groups in total. The number of ether oxygens (including phenoxy) is 1. The smallest absolute Gasteiger partial charge is 0.410 e. The maximum absolute atomic E-state index is 14.1. The lowest BCUT2D eigenvalue weighted by molar-refractivity contribution is -0.126. The van der Waals surface area contributed by atoms with E-state index in [2.05, 4.69) is 20.4 Å². The number of likely N-dealkylation sites (tertiary alicyclic amines) is 1. The molecule has 0 bridgehead atoms. The highest BCUT2D eigenvalue weighted by molar-refractivity contribution is 5.90. The van der Waals surface area contributed by atoms with Crippen molar-refractivity contribution in [3.05, 3.63) is 102 Å². The Bertz CT molecular complexity index is 1630. The molecule has 2 amide bonds. The number of hydrogen-bond donors (Lipinski definition) is 3. The molecule has 2 saturated heterocycles. The minimum Gasteiger partial charge on any atom is -0.507 e. The number of aromatic nitrogens is 2. The first kappa shape index (κ1) is 29.9. The SMILES string of the molecule is Nc1nnc(-c2ccccc2O)cc1N1CCC(C(=O)NCC2CCN(C(=O)OCc3ccccc3)CC2)(c2ccccc2)C1. The number of hydrogen-bond acceptors (Lipinski definition) is 8. The number of piperidine rings is 1. The zero-order valence-electron chi connectivity index (χ0n) is 25.1. The Kier molecular flexibility index (Phi) is 8.81. The van der Waals surface area contributed by atoms with Crippen LogP contribution in [0.1, 0.15) is 30.4 Å². The molecular formula is C35H38N6O4. The molecule has 45 heavy (non-hydrogen) atoms. The van der Waals surface area contributed by atoms with E-state index in [1.165, 1.54) is 0 Å². The largest absolute Gasteiger partial charge is 0.507 e. The molecule has 6 rings (SSSR count). The summed E-state index contributed by atoms with van der Waals surface area (Å²) in [7, 11) is 0. The van der Waals surface area contributed by atoms with Crippen molar-refractivity contribution >= 4 is 23.5 Å². The van der Waals surface area contributed by atoms with Crippen molar-refractivity contribution in [2.45, 2.75) is 31.3 Å². The van der Waals surface area contributed by atoms with Gasteiger partial charge >= 0.3 is 6.09 Å². The fourth-order valence-electron chi connectivity index (χ4n) is 6.33. The second-order valence-electron chi connectivity index (χ2n) is 11.8. The molecule has 2 aliphatic rings. The standard InChI is InChI=1S/C35H38N6O4/c36-32-30(21-29(38-39-32)28-13-7-8-14-31(28)42)41-20-17-35(24-41,27-11-5-2-6-12-27)33(43)37-22-25-15-18-40(19-16-25)34(44)45-23-26-9-3-1-4-10-26/h1-14,21,25,42H,15-20,22-24H2,(H2,36,39)(H,37,43). The normalized spacial score (nSPS) is 18.5. The molecule has 1 atom stereocenters. The lowest BCUT2D eigenvalue weighted by Crippen LogP contribution is -2.49. The van der Waals surface area contributed by atoms with Gasteiger partial charge in [-0.2, -0.15) is 0 Å². The van der Waals surface area contributed by atoms with E-state index in [-0.39, 0.29) is 36.1 Å². The summed E-state index contributed by atoms with van der Waals surface area (Å²) in [6.07, 6.45) is 1.88. The first-order chi connectivity index (χ1) is 21.9. The van der Waals surface area contributed by atoms with Gasteiger partial charge in [-0.1, -0.05) is 72.8 Å². The third-order valence-corrected chi connectivity index (χ3v) is 8.98. The zero-order valence-corrected chi connectivity index (χ0v) is 25.1. The Morgan fingerprint density at radius 1 is 0.933 bits per heavy atom. The van der Waals surface area contributed by atoms with Crippen LogP contribution in [0.4, 0.5) is 16.3 Å². The maximum Gasteiger partial charge on any atom is 0.410 e. The fraction of sp³-hybridized carbons (Fsp3) is 0.314. The van der Waals surface area contributed by atoms with E-state index in [0.29, 0.717) is 56.1 Å². The van der Waals surface area contributed by atoms with Crippen LogP contribution in [0.3, 0.4) is 0 Å². The summed E-state index contributed by atoms with van der Waals surface area (Å²) in [5.41, 5.74) is 9.18. The van der Waals surface area contributed by atoms with Crippen molar-refractivity contribution in [3.8, 4) is 17.0 Å². The average Bonchev–Trinajstić information content (AvgIpc) is 3.54. The molecule has 3 heterocycles.